The molecular formula is C27H29N2+. The second-order valence-corrected chi connectivity index (χ2v) is 9.52. The first-order valence-corrected chi connectivity index (χ1v) is 10.5. The molecule has 0 saturated heterocycles. The van der Waals surface area contributed by atoms with Gasteiger partial charge in [-0.1, -0.05) is 76.2 Å². The molecule has 2 nitrogen and oxygen atoms in total. The highest BCUT2D eigenvalue weighted by Crippen LogP contribution is 2.57. The first-order valence-electron chi connectivity index (χ1n) is 10.5. The molecule has 0 unspecified atom stereocenters. The average molecular weight is 382 g/mol. The summed E-state index contributed by atoms with van der Waals surface area (Å²) >= 11 is 0. The molecule has 0 radical (unpaired) electrons. The lowest BCUT2D eigenvalue weighted by Crippen LogP contribution is -2.46. The number of hydrogen-bond acceptors (Lipinski definition) is 0. The van der Waals surface area contributed by atoms with E-state index >= 15 is 0 Å². The first-order chi connectivity index (χ1) is 13.7. The van der Waals surface area contributed by atoms with E-state index in [4.69, 9.17) is 0 Å². The minimum atomic E-state index is -0.0436. The van der Waals surface area contributed by atoms with E-state index in [-0.39, 0.29) is 10.8 Å². The largest absolute Gasteiger partial charge is 0.195 e. The highest BCUT2D eigenvalue weighted by atomic mass is 15.4. The molecule has 0 bridgehead atoms. The summed E-state index contributed by atoms with van der Waals surface area (Å²) in [6, 6.07) is 20.2. The Kier molecular flexibility index (Phi) is 3.65. The van der Waals surface area contributed by atoms with Crippen molar-refractivity contribution in [2.75, 3.05) is 0 Å². The molecule has 0 spiro atoms. The summed E-state index contributed by atoms with van der Waals surface area (Å²) in [6.45, 7) is 11.9. The van der Waals surface area contributed by atoms with Crippen LogP contribution in [0.2, 0.25) is 0 Å². The van der Waals surface area contributed by atoms with Gasteiger partial charge in [0.1, 0.15) is 5.69 Å². The Bertz CT molecular complexity index is 1270. The van der Waals surface area contributed by atoms with Crippen molar-refractivity contribution >= 4 is 10.8 Å². The standard InChI is InChI=1S/C27H29N2/c1-18-12-14-22-21-15-13-19-10-7-8-11-20(19)23(21)26(2,3)27(4,5)24(22)25(18)29-17-9-16-28(29)6/h7-17H,1-6H3/q+1. The molecule has 4 aromatic rings. The van der Waals surface area contributed by atoms with Crippen molar-refractivity contribution in [3.63, 3.8) is 0 Å². The Hall–Kier alpha value is -2.87. The van der Waals surface area contributed by atoms with E-state index in [1.165, 1.54) is 44.3 Å². The molecule has 0 N–H and O–H groups in total. The summed E-state index contributed by atoms with van der Waals surface area (Å²) in [6.07, 6.45) is 4.28. The summed E-state index contributed by atoms with van der Waals surface area (Å²) in [5.74, 6) is 0. The number of aryl methyl sites for hydroxylation is 2. The zero-order valence-electron chi connectivity index (χ0n) is 18.2. The second kappa shape index (κ2) is 5.82. The first kappa shape index (κ1) is 18.2. The van der Waals surface area contributed by atoms with Gasteiger partial charge in [0.25, 0.3) is 0 Å². The summed E-state index contributed by atoms with van der Waals surface area (Å²) in [7, 11) is 2.11. The summed E-state index contributed by atoms with van der Waals surface area (Å²) in [5, 5.41) is 2.70. The van der Waals surface area contributed by atoms with Gasteiger partial charge in [0.2, 0.25) is 0 Å². The molecule has 2 heteroatoms. The van der Waals surface area contributed by atoms with Crippen LogP contribution in [0.25, 0.3) is 27.6 Å². The number of benzene rings is 3. The van der Waals surface area contributed by atoms with Gasteiger partial charge >= 0.3 is 0 Å². The second-order valence-electron chi connectivity index (χ2n) is 9.52. The normalized spacial score (nSPS) is 16.5. The molecule has 29 heavy (non-hydrogen) atoms. The predicted molar refractivity (Wildman–Crippen MR) is 121 cm³/mol. The van der Waals surface area contributed by atoms with E-state index in [0.717, 1.165) is 0 Å². The maximum absolute atomic E-state index is 2.42. The third-order valence-corrected chi connectivity index (χ3v) is 7.51. The van der Waals surface area contributed by atoms with Crippen molar-refractivity contribution in [3.8, 4) is 16.8 Å². The molecule has 0 saturated carbocycles. The fourth-order valence-corrected chi connectivity index (χ4v) is 5.30. The van der Waals surface area contributed by atoms with E-state index in [1.54, 1.807) is 0 Å². The van der Waals surface area contributed by atoms with Crippen LogP contribution in [0.1, 0.15) is 44.4 Å². The monoisotopic (exact) mass is 381 g/mol. The van der Waals surface area contributed by atoms with Crippen LogP contribution in [0.5, 0.6) is 0 Å². The quantitative estimate of drug-likeness (QED) is 0.358. The Balaban J connectivity index is 1.98. The SMILES string of the molecule is Cc1ccc2c(c1-n1ccc[n+]1C)C(C)(C)C(C)(C)c1c-2ccc2ccccc12. The molecule has 0 atom stereocenters. The Morgan fingerprint density at radius 2 is 1.41 bits per heavy atom. The average Bonchev–Trinajstić information content (AvgIpc) is 3.11. The van der Waals surface area contributed by atoms with Crippen LogP contribution in [-0.4, -0.2) is 4.68 Å². The van der Waals surface area contributed by atoms with Crippen molar-refractivity contribution in [3.05, 3.63) is 83.7 Å². The molecule has 0 aliphatic heterocycles. The van der Waals surface area contributed by atoms with Gasteiger partial charge in [-0.2, -0.15) is 0 Å². The Labute approximate surface area is 173 Å². The Morgan fingerprint density at radius 1 is 0.759 bits per heavy atom. The van der Waals surface area contributed by atoms with Crippen LogP contribution in [0.15, 0.2) is 67.0 Å². The van der Waals surface area contributed by atoms with Crippen molar-refractivity contribution in [2.45, 2.75) is 45.4 Å². The van der Waals surface area contributed by atoms with Gasteiger partial charge in [0.15, 0.2) is 13.2 Å². The highest BCUT2D eigenvalue weighted by molar-refractivity contribution is 5.96. The fraction of sp³-hybridized carbons (Fsp3) is 0.296. The Morgan fingerprint density at radius 3 is 2.14 bits per heavy atom. The van der Waals surface area contributed by atoms with Crippen LogP contribution in [0, 0.1) is 6.92 Å². The highest BCUT2D eigenvalue weighted by Gasteiger charge is 2.48. The van der Waals surface area contributed by atoms with Crippen LogP contribution in [0.3, 0.4) is 0 Å². The number of aromatic nitrogens is 2. The fourth-order valence-electron chi connectivity index (χ4n) is 5.30. The molecule has 1 aliphatic rings. The van der Waals surface area contributed by atoms with Crippen molar-refractivity contribution in [1.82, 2.24) is 4.68 Å². The maximum Gasteiger partial charge on any atom is 0.195 e. The summed E-state index contributed by atoms with van der Waals surface area (Å²) < 4.78 is 4.46. The molecule has 1 aromatic heterocycles. The van der Waals surface area contributed by atoms with Crippen LogP contribution < -0.4 is 4.68 Å². The molecule has 5 rings (SSSR count). The lowest BCUT2D eigenvalue weighted by atomic mass is 9.54. The van der Waals surface area contributed by atoms with Crippen LogP contribution in [0.4, 0.5) is 0 Å². The van der Waals surface area contributed by atoms with Gasteiger partial charge in [0, 0.05) is 16.9 Å². The lowest BCUT2D eigenvalue weighted by molar-refractivity contribution is -0.744. The number of nitrogens with zero attached hydrogens (tertiary/aromatic N) is 2. The molecule has 0 fully saturated rings. The van der Waals surface area contributed by atoms with E-state index < -0.39 is 0 Å². The van der Waals surface area contributed by atoms with Gasteiger partial charge < -0.3 is 0 Å². The maximum atomic E-state index is 2.42. The van der Waals surface area contributed by atoms with Crippen molar-refractivity contribution in [2.24, 2.45) is 7.05 Å². The molecule has 1 heterocycles. The molecule has 1 aliphatic carbocycles. The third kappa shape index (κ3) is 2.26. The molecule has 3 aromatic carbocycles. The molecular weight excluding hydrogens is 352 g/mol. The third-order valence-electron chi connectivity index (χ3n) is 7.51. The van der Waals surface area contributed by atoms with Gasteiger partial charge in [-0.25, -0.2) is 0 Å². The number of rotatable bonds is 1. The van der Waals surface area contributed by atoms with E-state index in [0.29, 0.717) is 0 Å². The molecule has 0 amide bonds. The van der Waals surface area contributed by atoms with E-state index in [2.05, 4.69) is 118 Å². The zero-order chi connectivity index (χ0) is 20.6. The van der Waals surface area contributed by atoms with Crippen molar-refractivity contribution < 1.29 is 4.68 Å². The van der Waals surface area contributed by atoms with Gasteiger partial charge in [-0.3, -0.25) is 0 Å². The minimum absolute atomic E-state index is 0.0233. The van der Waals surface area contributed by atoms with E-state index in [1.807, 2.05) is 0 Å². The summed E-state index contributed by atoms with van der Waals surface area (Å²) in [4.78, 5) is 0. The number of hydrogen-bond donors (Lipinski definition) is 0. The van der Waals surface area contributed by atoms with E-state index in [9.17, 15) is 0 Å². The van der Waals surface area contributed by atoms with Gasteiger partial charge in [-0.15, -0.1) is 9.36 Å². The van der Waals surface area contributed by atoms with Crippen LogP contribution >= 0.6 is 0 Å². The zero-order valence-corrected chi connectivity index (χ0v) is 18.2. The van der Waals surface area contributed by atoms with Gasteiger partial charge in [0.05, 0.1) is 6.20 Å². The van der Waals surface area contributed by atoms with Crippen molar-refractivity contribution in [1.29, 1.82) is 0 Å². The predicted octanol–water partition coefficient (Wildman–Crippen LogP) is 6.00. The summed E-state index contributed by atoms with van der Waals surface area (Å²) in [5.41, 5.74) is 8.21. The smallest absolute Gasteiger partial charge is 0.128 e. The van der Waals surface area contributed by atoms with Crippen LogP contribution in [-0.2, 0) is 17.9 Å². The lowest BCUT2D eigenvalue weighted by Gasteiger charge is -2.49. The molecule has 146 valence electrons. The number of fused-ring (bicyclic) bond motifs is 5. The minimum Gasteiger partial charge on any atom is -0.128 e. The topological polar surface area (TPSA) is 8.81 Å². The van der Waals surface area contributed by atoms with Gasteiger partial charge in [-0.05, 0) is 45.5 Å².